The smallest absolute Gasteiger partial charge is 0.258 e. The largest absolute Gasteiger partial charge is 0.283 e. The molecular weight excluding hydrogens is 250 g/mol. The average molecular weight is 265 g/mol. The number of rotatable bonds is 2. The maximum atomic E-state index is 12.3. The molecule has 1 aromatic carbocycles. The van der Waals surface area contributed by atoms with Crippen LogP contribution in [0.25, 0.3) is 16.8 Å². The third kappa shape index (κ3) is 2.16. The summed E-state index contributed by atoms with van der Waals surface area (Å²) in [5.41, 5.74) is 3.57. The third-order valence-corrected chi connectivity index (χ3v) is 3.27. The highest BCUT2D eigenvalue weighted by atomic mass is 16.1. The van der Waals surface area contributed by atoms with Crippen molar-refractivity contribution in [2.24, 2.45) is 7.05 Å². The molecule has 0 aliphatic rings. The third-order valence-electron chi connectivity index (χ3n) is 3.27. The Balaban J connectivity index is 2.21. The molecule has 0 saturated heterocycles. The van der Waals surface area contributed by atoms with Crippen LogP contribution in [0, 0.1) is 6.92 Å². The first kappa shape index (κ1) is 12.4. The van der Waals surface area contributed by atoms with Crippen LogP contribution >= 0.6 is 0 Å². The molecule has 0 aliphatic heterocycles. The maximum Gasteiger partial charge on any atom is 0.258 e. The molecule has 0 saturated carbocycles. The Bertz CT molecular complexity index is 800. The van der Waals surface area contributed by atoms with Crippen molar-refractivity contribution in [1.29, 1.82) is 0 Å². The van der Waals surface area contributed by atoms with Crippen LogP contribution < -0.4 is 5.56 Å². The predicted molar refractivity (Wildman–Crippen MR) is 79.0 cm³/mol. The lowest BCUT2D eigenvalue weighted by Crippen LogP contribution is -2.20. The van der Waals surface area contributed by atoms with Crippen molar-refractivity contribution >= 4 is 0 Å². The molecule has 2 aromatic heterocycles. The Hall–Kier alpha value is -2.62. The fraction of sp³-hybridized carbons (Fsp3) is 0.125. The van der Waals surface area contributed by atoms with Crippen LogP contribution in [-0.2, 0) is 7.05 Å². The summed E-state index contributed by atoms with van der Waals surface area (Å²) in [5, 5.41) is 4.18. The van der Waals surface area contributed by atoms with Gasteiger partial charge in [-0.05, 0) is 25.1 Å². The van der Waals surface area contributed by atoms with Gasteiger partial charge >= 0.3 is 0 Å². The Morgan fingerprint density at radius 2 is 1.80 bits per heavy atom. The number of para-hydroxylation sites is 1. The van der Waals surface area contributed by atoms with Crippen molar-refractivity contribution in [1.82, 2.24) is 14.3 Å². The van der Waals surface area contributed by atoms with E-state index < -0.39 is 0 Å². The SMILES string of the molecule is Cc1cc(-c2cnn(C)c2)cn(-c2ccccc2)c1=O. The highest BCUT2D eigenvalue weighted by Crippen LogP contribution is 2.19. The van der Waals surface area contributed by atoms with E-state index in [-0.39, 0.29) is 5.56 Å². The van der Waals surface area contributed by atoms with Gasteiger partial charge in [0, 0.05) is 41.8 Å². The van der Waals surface area contributed by atoms with Gasteiger partial charge in [0.05, 0.1) is 6.20 Å². The molecule has 4 heteroatoms. The van der Waals surface area contributed by atoms with E-state index in [0.29, 0.717) is 0 Å². The predicted octanol–water partition coefficient (Wildman–Crippen LogP) is 2.55. The van der Waals surface area contributed by atoms with Crippen LogP contribution in [0.3, 0.4) is 0 Å². The highest BCUT2D eigenvalue weighted by Gasteiger charge is 2.08. The van der Waals surface area contributed by atoms with Crippen molar-refractivity contribution in [3.63, 3.8) is 0 Å². The molecule has 4 nitrogen and oxygen atoms in total. The van der Waals surface area contributed by atoms with Gasteiger partial charge in [-0.1, -0.05) is 18.2 Å². The lowest BCUT2D eigenvalue weighted by atomic mass is 10.1. The fourth-order valence-corrected chi connectivity index (χ4v) is 2.23. The van der Waals surface area contributed by atoms with Crippen molar-refractivity contribution in [2.45, 2.75) is 6.92 Å². The fourth-order valence-electron chi connectivity index (χ4n) is 2.23. The number of nitrogens with zero attached hydrogens (tertiary/aromatic N) is 3. The van der Waals surface area contributed by atoms with E-state index in [1.165, 1.54) is 0 Å². The zero-order valence-electron chi connectivity index (χ0n) is 11.4. The molecule has 0 radical (unpaired) electrons. The summed E-state index contributed by atoms with van der Waals surface area (Å²) in [6.45, 7) is 1.83. The van der Waals surface area contributed by atoms with Gasteiger partial charge in [0.1, 0.15) is 0 Å². The Kier molecular flexibility index (Phi) is 2.99. The summed E-state index contributed by atoms with van der Waals surface area (Å²) in [6.07, 6.45) is 5.60. The molecule has 100 valence electrons. The van der Waals surface area contributed by atoms with E-state index in [1.807, 2.05) is 62.8 Å². The second-order valence-corrected chi connectivity index (χ2v) is 4.83. The van der Waals surface area contributed by atoms with E-state index in [2.05, 4.69) is 5.10 Å². The minimum atomic E-state index is 0.00356. The lowest BCUT2D eigenvalue weighted by Gasteiger charge is -2.09. The van der Waals surface area contributed by atoms with E-state index >= 15 is 0 Å². The number of aromatic nitrogens is 3. The number of aryl methyl sites for hydroxylation is 2. The molecule has 2 heterocycles. The van der Waals surface area contributed by atoms with Crippen molar-refractivity contribution in [3.05, 3.63) is 70.9 Å². The zero-order valence-corrected chi connectivity index (χ0v) is 11.4. The first-order valence-corrected chi connectivity index (χ1v) is 6.43. The summed E-state index contributed by atoms with van der Waals surface area (Å²) in [4.78, 5) is 12.3. The summed E-state index contributed by atoms with van der Waals surface area (Å²) >= 11 is 0. The number of benzene rings is 1. The Morgan fingerprint density at radius 3 is 2.45 bits per heavy atom. The first-order valence-electron chi connectivity index (χ1n) is 6.43. The van der Waals surface area contributed by atoms with Crippen molar-refractivity contribution in [2.75, 3.05) is 0 Å². The summed E-state index contributed by atoms with van der Waals surface area (Å²) < 4.78 is 3.43. The van der Waals surface area contributed by atoms with Gasteiger partial charge in [-0.2, -0.15) is 5.10 Å². The summed E-state index contributed by atoms with van der Waals surface area (Å²) in [7, 11) is 1.88. The molecule has 3 rings (SSSR count). The quantitative estimate of drug-likeness (QED) is 0.714. The molecule has 0 aliphatic carbocycles. The van der Waals surface area contributed by atoms with Gasteiger partial charge < -0.3 is 0 Å². The first-order chi connectivity index (χ1) is 9.65. The molecule has 3 aromatic rings. The summed E-state index contributed by atoms with van der Waals surface area (Å²) in [6, 6.07) is 11.5. The van der Waals surface area contributed by atoms with E-state index in [9.17, 15) is 4.79 Å². The van der Waals surface area contributed by atoms with Crippen LogP contribution in [0.1, 0.15) is 5.56 Å². The normalized spacial score (nSPS) is 10.7. The number of hydrogen-bond acceptors (Lipinski definition) is 2. The molecular formula is C16H15N3O. The number of pyridine rings is 1. The van der Waals surface area contributed by atoms with Gasteiger partial charge in [-0.25, -0.2) is 0 Å². The summed E-state index contributed by atoms with van der Waals surface area (Å²) in [5.74, 6) is 0. The standard InChI is InChI=1S/C16H15N3O/c1-12-8-13(14-9-17-18(2)10-14)11-19(16(12)20)15-6-4-3-5-7-15/h3-11H,1-2H3. The highest BCUT2D eigenvalue weighted by molar-refractivity contribution is 5.62. The molecule has 0 unspecified atom stereocenters. The van der Waals surface area contributed by atoms with Crippen molar-refractivity contribution in [3.8, 4) is 16.8 Å². The van der Waals surface area contributed by atoms with Gasteiger partial charge in [0.15, 0.2) is 0 Å². The average Bonchev–Trinajstić information content (AvgIpc) is 2.89. The molecule has 0 fully saturated rings. The van der Waals surface area contributed by atoms with Crippen LogP contribution in [0.5, 0.6) is 0 Å². The zero-order chi connectivity index (χ0) is 14.1. The van der Waals surface area contributed by atoms with E-state index in [1.54, 1.807) is 15.4 Å². The van der Waals surface area contributed by atoms with Gasteiger partial charge in [-0.3, -0.25) is 14.0 Å². The lowest BCUT2D eigenvalue weighted by molar-refractivity contribution is 0.768. The minimum absolute atomic E-state index is 0.00356. The number of hydrogen-bond donors (Lipinski definition) is 0. The topological polar surface area (TPSA) is 39.8 Å². The second kappa shape index (κ2) is 4.81. The van der Waals surface area contributed by atoms with Crippen LogP contribution in [-0.4, -0.2) is 14.3 Å². The van der Waals surface area contributed by atoms with E-state index in [0.717, 1.165) is 22.4 Å². The van der Waals surface area contributed by atoms with Crippen LogP contribution in [0.15, 0.2) is 59.8 Å². The molecule has 20 heavy (non-hydrogen) atoms. The Labute approximate surface area is 116 Å². The molecule has 0 amide bonds. The molecule has 0 bridgehead atoms. The van der Waals surface area contributed by atoms with Crippen LogP contribution in [0.4, 0.5) is 0 Å². The van der Waals surface area contributed by atoms with Crippen molar-refractivity contribution < 1.29 is 0 Å². The van der Waals surface area contributed by atoms with E-state index in [4.69, 9.17) is 0 Å². The monoisotopic (exact) mass is 265 g/mol. The molecule has 0 N–H and O–H groups in total. The Morgan fingerprint density at radius 1 is 1.05 bits per heavy atom. The van der Waals surface area contributed by atoms with Gasteiger partial charge in [-0.15, -0.1) is 0 Å². The molecule has 0 spiro atoms. The van der Waals surface area contributed by atoms with Gasteiger partial charge in [0.25, 0.3) is 5.56 Å². The second-order valence-electron chi connectivity index (χ2n) is 4.83. The maximum absolute atomic E-state index is 12.3. The minimum Gasteiger partial charge on any atom is -0.283 e. The van der Waals surface area contributed by atoms with Gasteiger partial charge in [0.2, 0.25) is 0 Å². The molecule has 0 atom stereocenters. The van der Waals surface area contributed by atoms with Crippen LogP contribution in [0.2, 0.25) is 0 Å².